The van der Waals surface area contributed by atoms with Gasteiger partial charge in [0.2, 0.25) is 5.91 Å². The molecular weight excluding hydrogens is 393 g/mol. The Hall–Kier alpha value is -1.61. The summed E-state index contributed by atoms with van der Waals surface area (Å²) in [5.74, 6) is -0.00518. The molecule has 0 aliphatic carbocycles. The minimum Gasteiger partial charge on any atom is -0.383 e. The lowest BCUT2D eigenvalue weighted by Gasteiger charge is -2.11. The summed E-state index contributed by atoms with van der Waals surface area (Å²) >= 11 is 0. The van der Waals surface area contributed by atoms with Crippen molar-refractivity contribution < 1.29 is 9.53 Å². The van der Waals surface area contributed by atoms with Gasteiger partial charge in [-0.05, 0) is 31.4 Å². The molecule has 0 spiro atoms. The zero-order valence-corrected chi connectivity index (χ0v) is 17.8. The van der Waals surface area contributed by atoms with Crippen LogP contribution in [0.2, 0.25) is 0 Å². The second kappa shape index (κ2) is 12.0. The molecular formula is C17H29Cl2N5O3. The molecule has 0 atom stereocenters. The molecule has 8 nitrogen and oxygen atoms in total. The van der Waals surface area contributed by atoms with Crippen LogP contribution in [-0.2, 0) is 23.0 Å². The number of ether oxygens (including phenoxy) is 1. The van der Waals surface area contributed by atoms with E-state index < -0.39 is 0 Å². The molecule has 1 amide bonds. The van der Waals surface area contributed by atoms with Crippen LogP contribution in [0.5, 0.6) is 0 Å². The molecule has 2 rings (SSSR count). The number of halogens is 2. The molecule has 0 fully saturated rings. The van der Waals surface area contributed by atoms with Gasteiger partial charge < -0.3 is 15.4 Å². The number of fused-ring (bicyclic) bond motifs is 1. The number of hydrogen-bond donors (Lipinski definition) is 3. The third-order valence-electron chi connectivity index (χ3n) is 4.28. The number of H-pyrrole nitrogens is 1. The second-order valence-corrected chi connectivity index (χ2v) is 6.09. The van der Waals surface area contributed by atoms with Crippen LogP contribution < -0.4 is 16.2 Å². The van der Waals surface area contributed by atoms with E-state index in [4.69, 9.17) is 4.74 Å². The van der Waals surface area contributed by atoms with Crippen LogP contribution in [0.4, 0.5) is 0 Å². The predicted octanol–water partition coefficient (Wildman–Crippen LogP) is 1.01. The van der Waals surface area contributed by atoms with Gasteiger partial charge in [0.25, 0.3) is 5.56 Å². The SMILES string of the molecule is COCCNCCNC(=O)CCc1c(C)nc2c(c1C)c(=O)[nH]n2C.Cl.Cl. The van der Waals surface area contributed by atoms with Crippen molar-refractivity contribution in [2.75, 3.05) is 33.4 Å². The monoisotopic (exact) mass is 421 g/mol. The molecule has 0 saturated carbocycles. The molecule has 0 bridgehead atoms. The van der Waals surface area contributed by atoms with Gasteiger partial charge >= 0.3 is 0 Å². The van der Waals surface area contributed by atoms with Crippen LogP contribution in [0.25, 0.3) is 11.0 Å². The summed E-state index contributed by atoms with van der Waals surface area (Å²) in [6.07, 6.45) is 0.940. The summed E-state index contributed by atoms with van der Waals surface area (Å²) in [7, 11) is 3.42. The molecule has 154 valence electrons. The van der Waals surface area contributed by atoms with Gasteiger partial charge in [0.05, 0.1) is 12.0 Å². The number of amides is 1. The number of rotatable bonds is 9. The molecule has 27 heavy (non-hydrogen) atoms. The highest BCUT2D eigenvalue weighted by Crippen LogP contribution is 2.20. The quantitative estimate of drug-likeness (QED) is 0.524. The topological polar surface area (TPSA) is 101 Å². The number of carbonyl (C=O) groups is 1. The zero-order valence-electron chi connectivity index (χ0n) is 16.2. The Labute approximate surface area is 171 Å². The third-order valence-corrected chi connectivity index (χ3v) is 4.28. The van der Waals surface area contributed by atoms with Crippen LogP contribution >= 0.6 is 24.8 Å². The van der Waals surface area contributed by atoms with Crippen molar-refractivity contribution in [3.05, 3.63) is 27.2 Å². The van der Waals surface area contributed by atoms with E-state index in [9.17, 15) is 9.59 Å². The van der Waals surface area contributed by atoms with Crippen LogP contribution in [0, 0.1) is 13.8 Å². The molecule has 0 unspecified atom stereocenters. The summed E-state index contributed by atoms with van der Waals surface area (Å²) in [5, 5.41) is 9.39. The van der Waals surface area contributed by atoms with E-state index in [1.165, 1.54) is 0 Å². The fourth-order valence-corrected chi connectivity index (χ4v) is 2.93. The molecule has 0 aliphatic heterocycles. The number of nitrogens with zero attached hydrogens (tertiary/aromatic N) is 2. The van der Waals surface area contributed by atoms with Crippen molar-refractivity contribution in [3.8, 4) is 0 Å². The van der Waals surface area contributed by atoms with Gasteiger partial charge in [0, 0.05) is 45.9 Å². The highest BCUT2D eigenvalue weighted by atomic mass is 35.5. The number of methoxy groups -OCH3 is 1. The van der Waals surface area contributed by atoms with E-state index >= 15 is 0 Å². The number of pyridine rings is 1. The van der Waals surface area contributed by atoms with Gasteiger partial charge in [-0.3, -0.25) is 19.4 Å². The van der Waals surface area contributed by atoms with Gasteiger partial charge in [0.1, 0.15) is 0 Å². The molecule has 3 N–H and O–H groups in total. The lowest BCUT2D eigenvalue weighted by molar-refractivity contribution is -0.121. The minimum absolute atomic E-state index is 0. The van der Waals surface area contributed by atoms with Crippen molar-refractivity contribution in [2.24, 2.45) is 7.05 Å². The second-order valence-electron chi connectivity index (χ2n) is 6.09. The number of hydrogen-bond acceptors (Lipinski definition) is 5. The van der Waals surface area contributed by atoms with Crippen LogP contribution in [0.3, 0.4) is 0 Å². The third kappa shape index (κ3) is 6.49. The van der Waals surface area contributed by atoms with Crippen molar-refractivity contribution in [1.29, 1.82) is 0 Å². The van der Waals surface area contributed by atoms with Crippen LogP contribution in [0.15, 0.2) is 4.79 Å². The highest BCUT2D eigenvalue weighted by Gasteiger charge is 2.15. The smallest absolute Gasteiger partial charge is 0.273 e. The van der Waals surface area contributed by atoms with Gasteiger partial charge in [-0.1, -0.05) is 0 Å². The number of aromatic nitrogens is 3. The van der Waals surface area contributed by atoms with Crippen LogP contribution in [0.1, 0.15) is 23.2 Å². The molecule has 2 aromatic heterocycles. The summed E-state index contributed by atoms with van der Waals surface area (Å²) in [5.41, 5.74) is 3.23. The number of aromatic amines is 1. The standard InChI is InChI=1S/C17H27N5O3.2ClH/c1-11-13(5-6-14(23)19-8-7-18-9-10-25-4)12(2)20-16-15(11)17(24)21-22(16)3;;/h18H,5-10H2,1-4H3,(H,19,23)(H,21,24);2*1H. The van der Waals surface area contributed by atoms with Gasteiger partial charge in [-0.2, -0.15) is 0 Å². The maximum absolute atomic E-state index is 12.1. The fraction of sp³-hybridized carbons (Fsp3) is 0.588. The molecule has 0 radical (unpaired) electrons. The average Bonchev–Trinajstić information content (AvgIpc) is 2.84. The fourth-order valence-electron chi connectivity index (χ4n) is 2.93. The molecule has 2 heterocycles. The van der Waals surface area contributed by atoms with Crippen LogP contribution in [-0.4, -0.2) is 54.0 Å². The summed E-state index contributed by atoms with van der Waals surface area (Å²) in [6, 6.07) is 0. The molecule has 0 aliphatic rings. The average molecular weight is 422 g/mol. The Morgan fingerprint density at radius 1 is 1.22 bits per heavy atom. The lowest BCUT2D eigenvalue weighted by Crippen LogP contribution is -2.33. The first kappa shape index (κ1) is 25.4. The number of nitrogens with one attached hydrogen (secondary N) is 3. The van der Waals surface area contributed by atoms with E-state index in [2.05, 4.69) is 20.7 Å². The van der Waals surface area contributed by atoms with Gasteiger partial charge in [-0.25, -0.2) is 4.98 Å². The molecule has 0 aromatic carbocycles. The normalized spacial score (nSPS) is 10.4. The van der Waals surface area contributed by atoms with Crippen molar-refractivity contribution in [2.45, 2.75) is 26.7 Å². The first-order valence-corrected chi connectivity index (χ1v) is 8.46. The maximum atomic E-state index is 12.1. The van der Waals surface area contributed by atoms with Gasteiger partial charge in [-0.15, -0.1) is 24.8 Å². The first-order valence-electron chi connectivity index (χ1n) is 8.46. The lowest BCUT2D eigenvalue weighted by atomic mass is 10.0. The highest BCUT2D eigenvalue weighted by molar-refractivity contribution is 5.85. The Morgan fingerprint density at radius 3 is 2.59 bits per heavy atom. The summed E-state index contributed by atoms with van der Waals surface area (Å²) < 4.78 is 6.57. The van der Waals surface area contributed by atoms with E-state index in [1.807, 2.05) is 13.8 Å². The van der Waals surface area contributed by atoms with E-state index in [0.29, 0.717) is 43.6 Å². The maximum Gasteiger partial charge on any atom is 0.273 e. The Balaban J connectivity index is 0.00000338. The Kier molecular flexibility index (Phi) is 11.3. The van der Waals surface area contributed by atoms with E-state index in [-0.39, 0.29) is 36.3 Å². The summed E-state index contributed by atoms with van der Waals surface area (Å²) in [6.45, 7) is 6.54. The number of carbonyl (C=O) groups excluding carboxylic acids is 1. The largest absolute Gasteiger partial charge is 0.383 e. The van der Waals surface area contributed by atoms with Crippen molar-refractivity contribution in [1.82, 2.24) is 25.4 Å². The van der Waals surface area contributed by atoms with Crippen molar-refractivity contribution in [3.63, 3.8) is 0 Å². The minimum atomic E-state index is -0.143. The zero-order chi connectivity index (χ0) is 18.4. The Morgan fingerprint density at radius 2 is 1.93 bits per heavy atom. The molecule has 2 aromatic rings. The van der Waals surface area contributed by atoms with E-state index in [0.717, 1.165) is 23.4 Å². The molecule has 10 heteroatoms. The summed E-state index contributed by atoms with van der Waals surface area (Å²) in [4.78, 5) is 28.6. The number of aryl methyl sites for hydroxylation is 3. The van der Waals surface area contributed by atoms with Crippen molar-refractivity contribution >= 4 is 41.8 Å². The van der Waals surface area contributed by atoms with E-state index in [1.54, 1.807) is 18.8 Å². The van der Waals surface area contributed by atoms with Gasteiger partial charge in [0.15, 0.2) is 5.65 Å². The predicted molar refractivity (Wildman–Crippen MR) is 111 cm³/mol. The Bertz CT molecular complexity index is 804. The molecule has 0 saturated heterocycles. The first-order chi connectivity index (χ1) is 12.0.